The van der Waals surface area contributed by atoms with E-state index in [-0.39, 0.29) is 0 Å². The summed E-state index contributed by atoms with van der Waals surface area (Å²) in [5.41, 5.74) is 5.68. The molecule has 4 heteroatoms. The molecule has 0 radical (unpaired) electrons. The average Bonchev–Trinajstić information content (AvgIpc) is 3.12. The highest BCUT2D eigenvalue weighted by molar-refractivity contribution is 5.67. The number of rotatable bonds is 6. The van der Waals surface area contributed by atoms with Gasteiger partial charge in [0.15, 0.2) is 0 Å². The van der Waals surface area contributed by atoms with Gasteiger partial charge in [-0.2, -0.15) is 5.10 Å². The first-order chi connectivity index (χ1) is 12.6. The van der Waals surface area contributed by atoms with Crippen LogP contribution in [0.4, 0.5) is 0 Å². The van der Waals surface area contributed by atoms with Crippen molar-refractivity contribution >= 4 is 0 Å². The Morgan fingerprint density at radius 3 is 2.54 bits per heavy atom. The third kappa shape index (κ3) is 3.86. The zero-order chi connectivity index (χ0) is 18.0. The van der Waals surface area contributed by atoms with Gasteiger partial charge >= 0.3 is 0 Å². The molecule has 1 saturated carbocycles. The lowest BCUT2D eigenvalue weighted by Crippen LogP contribution is -2.45. The molecule has 4 nitrogen and oxygen atoms in total. The number of nitrogens with one attached hydrogen (secondary N) is 1. The van der Waals surface area contributed by atoms with Crippen molar-refractivity contribution in [3.05, 3.63) is 72.3 Å². The van der Waals surface area contributed by atoms with Crippen molar-refractivity contribution in [1.29, 1.82) is 0 Å². The van der Waals surface area contributed by atoms with E-state index in [2.05, 4.69) is 77.8 Å². The SMILES string of the molecule is CC1(C)CC(NCc2ccccc2-c2ccc(Cn3cncn3)cc2)C1. The maximum absolute atomic E-state index is 4.17. The van der Waals surface area contributed by atoms with Crippen molar-refractivity contribution in [3.63, 3.8) is 0 Å². The van der Waals surface area contributed by atoms with Crippen LogP contribution < -0.4 is 5.32 Å². The molecule has 0 spiro atoms. The minimum Gasteiger partial charge on any atom is -0.310 e. The van der Waals surface area contributed by atoms with Gasteiger partial charge in [0.2, 0.25) is 0 Å². The van der Waals surface area contributed by atoms with Crippen LogP contribution >= 0.6 is 0 Å². The molecule has 1 fully saturated rings. The van der Waals surface area contributed by atoms with Crippen LogP contribution in [0.15, 0.2) is 61.2 Å². The maximum Gasteiger partial charge on any atom is 0.137 e. The summed E-state index contributed by atoms with van der Waals surface area (Å²) in [5.74, 6) is 0. The second-order valence-corrected chi connectivity index (χ2v) is 8.10. The molecule has 1 N–H and O–H groups in total. The van der Waals surface area contributed by atoms with Gasteiger partial charge in [-0.25, -0.2) is 9.67 Å². The molecule has 0 saturated heterocycles. The molecule has 4 rings (SSSR count). The van der Waals surface area contributed by atoms with Gasteiger partial charge in [0.05, 0.1) is 6.54 Å². The maximum atomic E-state index is 4.17. The highest BCUT2D eigenvalue weighted by Gasteiger charge is 2.35. The van der Waals surface area contributed by atoms with Crippen LogP contribution in [0, 0.1) is 5.41 Å². The zero-order valence-corrected chi connectivity index (χ0v) is 15.5. The Kier molecular flexibility index (Phi) is 4.60. The normalized spacial score (nSPS) is 16.4. The van der Waals surface area contributed by atoms with Gasteiger partial charge in [-0.3, -0.25) is 0 Å². The minimum atomic E-state index is 0.511. The number of hydrogen-bond donors (Lipinski definition) is 1. The second-order valence-electron chi connectivity index (χ2n) is 8.10. The van der Waals surface area contributed by atoms with E-state index in [4.69, 9.17) is 0 Å². The molecule has 0 unspecified atom stereocenters. The molecule has 0 bridgehead atoms. The lowest BCUT2D eigenvalue weighted by molar-refractivity contribution is 0.125. The minimum absolute atomic E-state index is 0.511. The van der Waals surface area contributed by atoms with Crippen molar-refractivity contribution < 1.29 is 0 Å². The molecule has 0 atom stereocenters. The van der Waals surface area contributed by atoms with Crippen LogP contribution in [0.3, 0.4) is 0 Å². The van der Waals surface area contributed by atoms with Crippen molar-refractivity contribution in [2.45, 2.75) is 45.8 Å². The third-order valence-corrected chi connectivity index (χ3v) is 5.27. The summed E-state index contributed by atoms with van der Waals surface area (Å²) in [5, 5.41) is 7.89. The van der Waals surface area contributed by atoms with Gasteiger partial charge in [-0.15, -0.1) is 0 Å². The topological polar surface area (TPSA) is 42.7 Å². The molecule has 1 aliphatic carbocycles. The van der Waals surface area contributed by atoms with E-state index in [1.807, 2.05) is 4.68 Å². The van der Waals surface area contributed by atoms with E-state index >= 15 is 0 Å². The monoisotopic (exact) mass is 346 g/mol. The standard InChI is InChI=1S/C22H26N4/c1-22(2)11-20(12-22)24-13-19-5-3-4-6-21(19)18-9-7-17(8-10-18)14-26-16-23-15-25-26/h3-10,15-16,20,24H,11-14H2,1-2H3. The van der Waals surface area contributed by atoms with E-state index in [0.717, 1.165) is 13.1 Å². The van der Waals surface area contributed by atoms with Crippen LogP contribution in [-0.4, -0.2) is 20.8 Å². The smallest absolute Gasteiger partial charge is 0.137 e. The van der Waals surface area contributed by atoms with Crippen molar-refractivity contribution in [3.8, 4) is 11.1 Å². The molecule has 2 aromatic carbocycles. The van der Waals surface area contributed by atoms with E-state index < -0.39 is 0 Å². The summed E-state index contributed by atoms with van der Waals surface area (Å²) in [7, 11) is 0. The van der Waals surface area contributed by atoms with Crippen molar-refractivity contribution in [2.24, 2.45) is 5.41 Å². The highest BCUT2D eigenvalue weighted by Crippen LogP contribution is 2.40. The second kappa shape index (κ2) is 7.04. The molecule has 1 aromatic heterocycles. The lowest BCUT2D eigenvalue weighted by Gasteiger charge is -2.43. The quantitative estimate of drug-likeness (QED) is 0.725. The summed E-state index contributed by atoms with van der Waals surface area (Å²) in [6, 6.07) is 18.1. The van der Waals surface area contributed by atoms with E-state index in [1.54, 1.807) is 12.7 Å². The Morgan fingerprint density at radius 2 is 1.85 bits per heavy atom. The van der Waals surface area contributed by atoms with Crippen LogP contribution in [0.2, 0.25) is 0 Å². The van der Waals surface area contributed by atoms with Gasteiger partial charge in [0.1, 0.15) is 12.7 Å². The first-order valence-electron chi connectivity index (χ1n) is 9.32. The van der Waals surface area contributed by atoms with Gasteiger partial charge in [-0.05, 0) is 40.5 Å². The Hall–Kier alpha value is -2.46. The fourth-order valence-electron chi connectivity index (χ4n) is 3.92. The summed E-state index contributed by atoms with van der Waals surface area (Å²) < 4.78 is 1.84. The number of aromatic nitrogens is 3. The Bertz CT molecular complexity index is 842. The van der Waals surface area contributed by atoms with E-state index in [1.165, 1.54) is 35.1 Å². The largest absolute Gasteiger partial charge is 0.310 e. The van der Waals surface area contributed by atoms with Crippen LogP contribution in [0.1, 0.15) is 37.8 Å². The molecule has 0 amide bonds. The number of benzene rings is 2. The molecule has 0 aliphatic heterocycles. The predicted octanol–water partition coefficient (Wildman–Crippen LogP) is 4.27. The van der Waals surface area contributed by atoms with Crippen LogP contribution in [0.25, 0.3) is 11.1 Å². The van der Waals surface area contributed by atoms with Crippen molar-refractivity contribution in [1.82, 2.24) is 20.1 Å². The molecule has 1 heterocycles. The molecule has 1 aliphatic rings. The van der Waals surface area contributed by atoms with Crippen LogP contribution in [-0.2, 0) is 13.1 Å². The summed E-state index contributed by atoms with van der Waals surface area (Å²) in [6.07, 6.45) is 5.86. The molecule has 26 heavy (non-hydrogen) atoms. The predicted molar refractivity (Wildman–Crippen MR) is 105 cm³/mol. The summed E-state index contributed by atoms with van der Waals surface area (Å²) in [6.45, 7) is 6.37. The fraction of sp³-hybridized carbons (Fsp3) is 0.364. The highest BCUT2D eigenvalue weighted by atomic mass is 15.3. The third-order valence-electron chi connectivity index (χ3n) is 5.27. The molecule has 3 aromatic rings. The molecule has 134 valence electrons. The van der Waals surface area contributed by atoms with Gasteiger partial charge in [-0.1, -0.05) is 62.4 Å². The first kappa shape index (κ1) is 17.0. The van der Waals surface area contributed by atoms with E-state index in [9.17, 15) is 0 Å². The fourth-order valence-corrected chi connectivity index (χ4v) is 3.92. The van der Waals surface area contributed by atoms with Gasteiger partial charge in [0, 0.05) is 12.6 Å². The Labute approximate surface area is 155 Å². The molecular formula is C22H26N4. The van der Waals surface area contributed by atoms with E-state index in [0.29, 0.717) is 11.5 Å². The Balaban J connectivity index is 1.45. The number of hydrogen-bond acceptors (Lipinski definition) is 3. The lowest BCUT2D eigenvalue weighted by atomic mass is 9.68. The van der Waals surface area contributed by atoms with Crippen molar-refractivity contribution in [2.75, 3.05) is 0 Å². The number of nitrogens with zero attached hydrogens (tertiary/aromatic N) is 3. The average molecular weight is 346 g/mol. The molecular weight excluding hydrogens is 320 g/mol. The summed E-state index contributed by atoms with van der Waals surface area (Å²) in [4.78, 5) is 4.00. The van der Waals surface area contributed by atoms with Gasteiger partial charge in [0.25, 0.3) is 0 Å². The summed E-state index contributed by atoms with van der Waals surface area (Å²) >= 11 is 0. The zero-order valence-electron chi connectivity index (χ0n) is 15.5. The van der Waals surface area contributed by atoms with Gasteiger partial charge < -0.3 is 5.32 Å². The first-order valence-corrected chi connectivity index (χ1v) is 9.32. The van der Waals surface area contributed by atoms with Crippen LogP contribution in [0.5, 0.6) is 0 Å². The Morgan fingerprint density at radius 1 is 1.08 bits per heavy atom.